The van der Waals surface area contributed by atoms with Crippen molar-refractivity contribution in [2.45, 2.75) is 57.4 Å². The zero-order chi connectivity index (χ0) is 27.9. The van der Waals surface area contributed by atoms with Crippen molar-refractivity contribution in [3.05, 3.63) is 67.9 Å². The van der Waals surface area contributed by atoms with Gasteiger partial charge in [0.05, 0.1) is 11.2 Å². The Kier molecular flexibility index (Phi) is 7.72. The number of aromatic nitrogens is 3. The number of nitrogens with one attached hydrogen (secondary N) is 2. The minimum atomic E-state index is -0.866. The molecular formula is C28H34ClN5O4S. The zero-order valence-corrected chi connectivity index (χ0v) is 24.5. The smallest absolute Gasteiger partial charge is 0.254 e. The lowest BCUT2D eigenvalue weighted by atomic mass is 9.89. The molecule has 2 N–H and O–H groups in total. The molecule has 1 atom stereocenters. The third kappa shape index (κ3) is 5.55. The molecule has 1 unspecified atom stereocenters. The van der Waals surface area contributed by atoms with Gasteiger partial charge in [-0.15, -0.1) is 11.8 Å². The van der Waals surface area contributed by atoms with E-state index < -0.39 is 5.79 Å². The normalized spacial score (nSPS) is 19.4. The number of aryl methyl sites for hydroxylation is 2. The van der Waals surface area contributed by atoms with Gasteiger partial charge in [0.15, 0.2) is 11.5 Å². The maximum absolute atomic E-state index is 13.2. The van der Waals surface area contributed by atoms with Crippen LogP contribution in [0.3, 0.4) is 0 Å². The van der Waals surface area contributed by atoms with E-state index in [0.717, 1.165) is 43.1 Å². The molecule has 0 bridgehead atoms. The van der Waals surface area contributed by atoms with E-state index in [-0.39, 0.29) is 23.9 Å². The topological polar surface area (TPSA) is 101 Å². The number of rotatable bonds is 7. The standard InChI is InChI=1S/C28H34ClN5O4S/c1-16-10-23(39-5)21(27(36)32-16)13-30-26(35)20-11-22(29)25-24(17(20)2)37-28(3,38-25)19-6-8-34(9-7-19)15-18-12-31-33(4)14-18/h10-12,14,19H,6-9,13,15H2,1-5H3,(H,30,35)(H,32,36). The molecular weight excluding hydrogens is 538 g/mol. The van der Waals surface area contributed by atoms with Crippen LogP contribution in [-0.4, -0.2) is 50.7 Å². The van der Waals surface area contributed by atoms with Crippen LogP contribution < -0.4 is 20.3 Å². The number of fused-ring (bicyclic) bond motifs is 1. The minimum Gasteiger partial charge on any atom is -0.448 e. The summed E-state index contributed by atoms with van der Waals surface area (Å²) in [4.78, 5) is 31.8. The van der Waals surface area contributed by atoms with Gasteiger partial charge in [-0.25, -0.2) is 0 Å². The third-order valence-corrected chi connectivity index (χ3v) is 8.75. The van der Waals surface area contributed by atoms with Crippen molar-refractivity contribution in [3.63, 3.8) is 0 Å². The van der Waals surface area contributed by atoms with Gasteiger partial charge >= 0.3 is 0 Å². The molecule has 9 nitrogen and oxygen atoms in total. The lowest BCUT2D eigenvalue weighted by molar-refractivity contribution is -0.125. The van der Waals surface area contributed by atoms with Crippen molar-refractivity contribution in [1.29, 1.82) is 0 Å². The summed E-state index contributed by atoms with van der Waals surface area (Å²) in [6, 6.07) is 3.52. The molecule has 0 saturated carbocycles. The molecule has 2 aliphatic rings. The van der Waals surface area contributed by atoms with Gasteiger partial charge in [0, 0.05) is 72.0 Å². The second-order valence-electron chi connectivity index (χ2n) is 10.5. The number of ether oxygens (including phenoxy) is 2. The highest BCUT2D eigenvalue weighted by atomic mass is 35.5. The highest BCUT2D eigenvalue weighted by molar-refractivity contribution is 7.98. The number of H-pyrrole nitrogens is 1. The average molecular weight is 572 g/mol. The monoisotopic (exact) mass is 571 g/mol. The van der Waals surface area contributed by atoms with Crippen LogP contribution in [-0.2, 0) is 20.1 Å². The van der Waals surface area contributed by atoms with Crippen LogP contribution in [0.4, 0.5) is 0 Å². The predicted molar refractivity (Wildman–Crippen MR) is 152 cm³/mol. The number of carbonyl (C=O) groups excluding carboxylic acids is 1. The summed E-state index contributed by atoms with van der Waals surface area (Å²) in [5, 5.41) is 7.48. The second kappa shape index (κ2) is 10.9. The first-order valence-corrected chi connectivity index (χ1v) is 14.6. The number of halogens is 1. The Morgan fingerprint density at radius 3 is 2.64 bits per heavy atom. The lowest BCUT2D eigenvalue weighted by Crippen LogP contribution is -2.48. The van der Waals surface area contributed by atoms with Gasteiger partial charge in [-0.1, -0.05) is 11.6 Å². The van der Waals surface area contributed by atoms with Crippen molar-refractivity contribution >= 4 is 29.3 Å². The van der Waals surface area contributed by atoms with Crippen molar-refractivity contribution in [2.24, 2.45) is 13.0 Å². The number of hydrogen-bond donors (Lipinski definition) is 2. The van der Waals surface area contributed by atoms with Gasteiger partial charge in [-0.2, -0.15) is 5.10 Å². The molecule has 2 aliphatic heterocycles. The molecule has 5 rings (SSSR count). The molecule has 0 aliphatic carbocycles. The highest BCUT2D eigenvalue weighted by Crippen LogP contribution is 2.51. The quantitative estimate of drug-likeness (QED) is 0.405. The van der Waals surface area contributed by atoms with Crippen LogP contribution in [0.5, 0.6) is 11.5 Å². The maximum Gasteiger partial charge on any atom is 0.254 e. The summed E-state index contributed by atoms with van der Waals surface area (Å²) in [6.07, 6.45) is 7.69. The number of piperidine rings is 1. The van der Waals surface area contributed by atoms with E-state index in [1.54, 1.807) is 6.07 Å². The second-order valence-corrected chi connectivity index (χ2v) is 11.7. The Labute approximate surface area is 237 Å². The maximum atomic E-state index is 13.2. The van der Waals surface area contributed by atoms with Crippen LogP contribution in [0.2, 0.25) is 5.02 Å². The predicted octanol–water partition coefficient (Wildman–Crippen LogP) is 4.43. The molecule has 1 fully saturated rings. The summed E-state index contributed by atoms with van der Waals surface area (Å²) < 4.78 is 14.6. The van der Waals surface area contributed by atoms with Gasteiger partial charge in [0.1, 0.15) is 0 Å². The van der Waals surface area contributed by atoms with Gasteiger partial charge in [-0.3, -0.25) is 19.2 Å². The van der Waals surface area contributed by atoms with E-state index in [2.05, 4.69) is 20.3 Å². The number of aromatic amines is 1. The number of pyridine rings is 1. The number of benzene rings is 1. The van der Waals surface area contributed by atoms with Gasteiger partial charge in [-0.05, 0) is 58.2 Å². The molecule has 11 heteroatoms. The van der Waals surface area contributed by atoms with Crippen LogP contribution >= 0.6 is 23.4 Å². The fourth-order valence-electron chi connectivity index (χ4n) is 5.48. The molecule has 1 aromatic carbocycles. The first-order valence-electron chi connectivity index (χ1n) is 13.0. The molecule has 39 heavy (non-hydrogen) atoms. The molecule has 208 valence electrons. The van der Waals surface area contributed by atoms with Crippen LogP contribution in [0.25, 0.3) is 0 Å². The zero-order valence-electron chi connectivity index (χ0n) is 22.9. The SMILES string of the molecule is CSc1cc(C)[nH]c(=O)c1CNC(=O)c1cc(Cl)c2c(c1C)OC(C)(C1CCN(Cc3cnn(C)c3)CC1)O2. The molecule has 0 spiro atoms. The van der Waals surface area contributed by atoms with E-state index in [1.807, 2.05) is 57.2 Å². The molecule has 1 saturated heterocycles. The Hall–Kier alpha value is -2.95. The minimum absolute atomic E-state index is 0.103. The van der Waals surface area contributed by atoms with Crippen LogP contribution in [0, 0.1) is 19.8 Å². The van der Waals surface area contributed by atoms with Crippen LogP contribution in [0.1, 0.15) is 52.5 Å². The molecule has 4 heterocycles. The molecule has 0 radical (unpaired) electrons. The number of thioether (sulfide) groups is 1. The average Bonchev–Trinajstić information content (AvgIpc) is 3.49. The van der Waals surface area contributed by atoms with E-state index in [4.69, 9.17) is 21.1 Å². The summed E-state index contributed by atoms with van der Waals surface area (Å²) in [7, 11) is 1.93. The van der Waals surface area contributed by atoms with Crippen molar-refractivity contribution < 1.29 is 14.3 Å². The first kappa shape index (κ1) is 27.6. The van der Waals surface area contributed by atoms with Gasteiger partial charge in [0.25, 0.3) is 17.3 Å². The van der Waals surface area contributed by atoms with Gasteiger partial charge < -0.3 is 19.8 Å². The summed E-state index contributed by atoms with van der Waals surface area (Å²) in [5.74, 6) is -0.0444. The lowest BCUT2D eigenvalue weighted by Gasteiger charge is -2.38. The number of nitrogens with zero attached hydrogens (tertiary/aromatic N) is 3. The summed E-state index contributed by atoms with van der Waals surface area (Å²) in [5.41, 5.74) is 3.35. The van der Waals surface area contributed by atoms with Gasteiger partial charge in [0.2, 0.25) is 0 Å². The van der Waals surface area contributed by atoms with E-state index >= 15 is 0 Å². The highest BCUT2D eigenvalue weighted by Gasteiger charge is 2.47. The van der Waals surface area contributed by atoms with E-state index in [1.165, 1.54) is 17.3 Å². The number of hydrogen-bond acceptors (Lipinski definition) is 7. The third-order valence-electron chi connectivity index (χ3n) is 7.66. The Morgan fingerprint density at radius 1 is 1.26 bits per heavy atom. The Balaban J connectivity index is 1.27. The first-order chi connectivity index (χ1) is 18.6. The largest absolute Gasteiger partial charge is 0.448 e. The fourth-order valence-corrected chi connectivity index (χ4v) is 6.41. The van der Waals surface area contributed by atoms with Crippen LogP contribution in [0.15, 0.2) is 34.2 Å². The van der Waals surface area contributed by atoms with E-state index in [0.29, 0.717) is 33.2 Å². The fraction of sp³-hybridized carbons (Fsp3) is 0.464. The number of likely N-dealkylation sites (tertiary alicyclic amines) is 1. The summed E-state index contributed by atoms with van der Waals surface area (Å²) in [6.45, 7) is 8.45. The van der Waals surface area contributed by atoms with Crippen molar-refractivity contribution in [3.8, 4) is 11.5 Å². The Morgan fingerprint density at radius 2 is 1.97 bits per heavy atom. The van der Waals surface area contributed by atoms with Crippen molar-refractivity contribution in [1.82, 2.24) is 25.0 Å². The molecule has 3 aromatic rings. The summed E-state index contributed by atoms with van der Waals surface area (Å²) >= 11 is 8.09. The van der Waals surface area contributed by atoms with Crippen molar-refractivity contribution in [2.75, 3.05) is 19.3 Å². The molecule has 2 aromatic heterocycles. The number of carbonyl (C=O) groups is 1. The number of amides is 1. The molecule has 1 amide bonds. The Bertz CT molecular complexity index is 1460. The van der Waals surface area contributed by atoms with E-state index in [9.17, 15) is 9.59 Å².